The van der Waals surface area contributed by atoms with Gasteiger partial charge in [0, 0.05) is 5.54 Å². The first-order chi connectivity index (χ1) is 9.49. The third-order valence-corrected chi connectivity index (χ3v) is 7.12. The Morgan fingerprint density at radius 1 is 0.850 bits per heavy atom. The van der Waals surface area contributed by atoms with E-state index < -0.39 is 0 Å². The number of hydrogen-bond donors (Lipinski definition) is 1. The first kappa shape index (κ1) is 13.6. The van der Waals surface area contributed by atoms with Crippen molar-refractivity contribution < 1.29 is 0 Å². The Hall–Kier alpha value is -0.0400. The summed E-state index contributed by atoms with van der Waals surface area (Å²) in [4.78, 5) is 0. The van der Waals surface area contributed by atoms with Crippen LogP contribution < -0.4 is 5.32 Å². The van der Waals surface area contributed by atoms with Gasteiger partial charge < -0.3 is 5.32 Å². The monoisotopic (exact) mass is 275 g/mol. The predicted octanol–water partition coefficient (Wildman–Crippen LogP) is 4.91. The molecule has 0 saturated heterocycles. The van der Waals surface area contributed by atoms with Crippen molar-refractivity contribution >= 4 is 0 Å². The second-order valence-electron chi connectivity index (χ2n) is 9.80. The van der Waals surface area contributed by atoms with Gasteiger partial charge in [-0.3, -0.25) is 0 Å². The third-order valence-electron chi connectivity index (χ3n) is 7.12. The lowest BCUT2D eigenvalue weighted by Crippen LogP contribution is -2.64. The summed E-state index contributed by atoms with van der Waals surface area (Å²) in [6.45, 7) is 6.50. The van der Waals surface area contributed by atoms with Gasteiger partial charge in [0.15, 0.2) is 0 Å². The average molecular weight is 275 g/mol. The Kier molecular flexibility index (Phi) is 3.05. The Morgan fingerprint density at radius 3 is 2.10 bits per heavy atom. The zero-order valence-corrected chi connectivity index (χ0v) is 13.6. The van der Waals surface area contributed by atoms with Crippen molar-refractivity contribution in [1.29, 1.82) is 0 Å². The van der Waals surface area contributed by atoms with Crippen LogP contribution in [-0.2, 0) is 0 Å². The zero-order chi connectivity index (χ0) is 13.8. The van der Waals surface area contributed by atoms with Crippen molar-refractivity contribution in [3.63, 3.8) is 0 Å². The van der Waals surface area contributed by atoms with E-state index in [4.69, 9.17) is 0 Å². The first-order valence-corrected chi connectivity index (χ1v) is 9.24. The summed E-state index contributed by atoms with van der Waals surface area (Å²) in [6, 6.07) is 0. The van der Waals surface area contributed by atoms with E-state index in [1.165, 1.54) is 77.2 Å². The van der Waals surface area contributed by atoms with E-state index in [0.717, 1.165) is 11.8 Å². The average Bonchev–Trinajstić information content (AvgIpc) is 2.33. The second kappa shape index (κ2) is 4.48. The van der Waals surface area contributed by atoms with Gasteiger partial charge in [-0.2, -0.15) is 0 Å². The molecule has 0 aromatic rings. The van der Waals surface area contributed by atoms with Crippen molar-refractivity contribution in [2.75, 3.05) is 6.54 Å². The number of nitrogens with one attached hydrogen (secondary N) is 1. The molecule has 20 heavy (non-hydrogen) atoms. The maximum Gasteiger partial charge on any atom is 0.0194 e. The SMILES string of the molecule is C[C@]12CC3CC(NCC4CCCCC4)(C1)C[C@@](C)(C3)C2. The lowest BCUT2D eigenvalue weighted by atomic mass is 9.43. The van der Waals surface area contributed by atoms with Crippen LogP contribution in [0.1, 0.15) is 84.5 Å². The highest BCUT2D eigenvalue weighted by Gasteiger charge is 2.59. The standard InChI is InChI=1S/C19H33N/c1-17-8-16-9-18(2,12-17)14-19(10-16,13-17)20-11-15-6-4-3-5-7-15/h15-16,20H,3-14H2,1-2H3/t16?,17-,18+,19?. The topological polar surface area (TPSA) is 12.0 Å². The van der Waals surface area contributed by atoms with Crippen LogP contribution in [0.5, 0.6) is 0 Å². The van der Waals surface area contributed by atoms with E-state index in [1.807, 2.05) is 0 Å². The van der Waals surface area contributed by atoms with E-state index >= 15 is 0 Å². The molecule has 0 aliphatic heterocycles. The molecule has 5 aliphatic rings. The van der Waals surface area contributed by atoms with Crippen LogP contribution in [0.2, 0.25) is 0 Å². The van der Waals surface area contributed by atoms with Crippen molar-refractivity contribution in [3.05, 3.63) is 0 Å². The van der Waals surface area contributed by atoms with Gasteiger partial charge in [-0.25, -0.2) is 0 Å². The molecule has 4 bridgehead atoms. The fourth-order valence-corrected chi connectivity index (χ4v) is 7.40. The Balaban J connectivity index is 1.46. The van der Waals surface area contributed by atoms with Gasteiger partial charge in [-0.15, -0.1) is 0 Å². The molecule has 1 heteroatoms. The minimum Gasteiger partial charge on any atom is -0.311 e. The largest absolute Gasteiger partial charge is 0.311 e. The van der Waals surface area contributed by atoms with Gasteiger partial charge in [0.05, 0.1) is 0 Å². The van der Waals surface area contributed by atoms with Gasteiger partial charge in [0.2, 0.25) is 0 Å². The highest BCUT2D eigenvalue weighted by molar-refractivity contribution is 5.14. The predicted molar refractivity (Wildman–Crippen MR) is 84.7 cm³/mol. The third kappa shape index (κ3) is 2.34. The van der Waals surface area contributed by atoms with Crippen LogP contribution in [-0.4, -0.2) is 12.1 Å². The van der Waals surface area contributed by atoms with E-state index in [-0.39, 0.29) is 0 Å². The second-order valence-corrected chi connectivity index (χ2v) is 9.80. The Morgan fingerprint density at radius 2 is 1.50 bits per heavy atom. The van der Waals surface area contributed by atoms with Gasteiger partial charge in [-0.1, -0.05) is 33.1 Å². The molecule has 5 rings (SSSR count). The summed E-state index contributed by atoms with van der Waals surface area (Å²) in [5, 5.41) is 4.15. The summed E-state index contributed by atoms with van der Waals surface area (Å²) in [5.41, 5.74) is 1.85. The smallest absolute Gasteiger partial charge is 0.0194 e. The van der Waals surface area contributed by atoms with Crippen molar-refractivity contribution in [3.8, 4) is 0 Å². The van der Waals surface area contributed by atoms with Gasteiger partial charge in [-0.05, 0) is 80.6 Å². The van der Waals surface area contributed by atoms with Gasteiger partial charge >= 0.3 is 0 Å². The molecule has 0 aromatic heterocycles. The maximum atomic E-state index is 4.15. The summed E-state index contributed by atoms with van der Waals surface area (Å²) in [6.07, 6.45) is 16.4. The molecule has 0 aromatic carbocycles. The van der Waals surface area contributed by atoms with Crippen molar-refractivity contribution in [1.82, 2.24) is 5.32 Å². The van der Waals surface area contributed by atoms with E-state index in [9.17, 15) is 0 Å². The molecule has 5 saturated carbocycles. The highest BCUT2D eigenvalue weighted by atomic mass is 15.0. The lowest BCUT2D eigenvalue weighted by molar-refractivity contribution is -0.118. The Labute approximate surface area is 125 Å². The minimum atomic E-state index is 0.528. The van der Waals surface area contributed by atoms with Crippen molar-refractivity contribution in [2.45, 2.75) is 90.0 Å². The summed E-state index contributed by atoms with van der Waals surface area (Å²) < 4.78 is 0. The molecule has 114 valence electrons. The first-order valence-electron chi connectivity index (χ1n) is 9.24. The zero-order valence-electron chi connectivity index (χ0n) is 13.6. The molecule has 1 nitrogen and oxygen atoms in total. The minimum absolute atomic E-state index is 0.528. The molecule has 2 unspecified atom stereocenters. The number of hydrogen-bond acceptors (Lipinski definition) is 1. The van der Waals surface area contributed by atoms with Gasteiger partial charge in [0.1, 0.15) is 0 Å². The van der Waals surface area contributed by atoms with Crippen LogP contribution in [0.25, 0.3) is 0 Å². The molecule has 0 amide bonds. The summed E-state index contributed by atoms with van der Waals surface area (Å²) in [5.74, 6) is 2.01. The fourth-order valence-electron chi connectivity index (χ4n) is 7.40. The normalized spacial score (nSPS) is 51.6. The van der Waals surface area contributed by atoms with Crippen LogP contribution in [0.4, 0.5) is 0 Å². The van der Waals surface area contributed by atoms with Crippen LogP contribution in [0.15, 0.2) is 0 Å². The molecular formula is C19H33N. The molecule has 4 atom stereocenters. The molecule has 1 N–H and O–H groups in total. The lowest BCUT2D eigenvalue weighted by Gasteiger charge is -2.65. The van der Waals surface area contributed by atoms with Gasteiger partial charge in [0.25, 0.3) is 0 Å². The molecule has 5 aliphatic carbocycles. The van der Waals surface area contributed by atoms with Crippen LogP contribution in [0, 0.1) is 22.7 Å². The highest BCUT2D eigenvalue weighted by Crippen LogP contribution is 2.66. The van der Waals surface area contributed by atoms with Crippen molar-refractivity contribution in [2.24, 2.45) is 22.7 Å². The van der Waals surface area contributed by atoms with E-state index in [1.54, 1.807) is 0 Å². The number of rotatable bonds is 3. The Bertz CT molecular complexity index is 363. The van der Waals surface area contributed by atoms with E-state index in [0.29, 0.717) is 16.4 Å². The molecule has 5 fully saturated rings. The van der Waals surface area contributed by atoms with Crippen LogP contribution >= 0.6 is 0 Å². The van der Waals surface area contributed by atoms with E-state index in [2.05, 4.69) is 19.2 Å². The van der Waals surface area contributed by atoms with Crippen LogP contribution in [0.3, 0.4) is 0 Å². The summed E-state index contributed by atoms with van der Waals surface area (Å²) in [7, 11) is 0. The molecule has 0 heterocycles. The molecule has 0 spiro atoms. The quantitative estimate of drug-likeness (QED) is 0.772. The maximum absolute atomic E-state index is 4.15. The summed E-state index contributed by atoms with van der Waals surface area (Å²) >= 11 is 0. The molecule has 0 radical (unpaired) electrons. The molecular weight excluding hydrogens is 242 g/mol. The fraction of sp³-hybridized carbons (Fsp3) is 1.00.